The standard InChI is InChI=1S/C16H23BrN2O/c1-11(2)18-10-16(20)19-15-6-4-3-5-12-9-13(17)7-8-14(12)15/h7-9,11,15,18H,3-6,10H2,1-2H3,(H,19,20). The van der Waals surface area contributed by atoms with Crippen molar-refractivity contribution in [1.82, 2.24) is 10.6 Å². The first kappa shape index (κ1) is 15.5. The van der Waals surface area contributed by atoms with Crippen LogP contribution in [0.15, 0.2) is 22.7 Å². The molecule has 2 rings (SSSR count). The molecule has 1 aromatic carbocycles. The molecule has 1 aliphatic carbocycles. The lowest BCUT2D eigenvalue weighted by atomic mass is 9.99. The summed E-state index contributed by atoms with van der Waals surface area (Å²) in [6.07, 6.45) is 4.49. The highest BCUT2D eigenvalue weighted by molar-refractivity contribution is 9.10. The molecule has 0 saturated heterocycles. The van der Waals surface area contributed by atoms with E-state index in [0.29, 0.717) is 12.6 Å². The monoisotopic (exact) mass is 338 g/mol. The molecule has 0 aromatic heterocycles. The van der Waals surface area contributed by atoms with Gasteiger partial charge in [0.15, 0.2) is 0 Å². The zero-order chi connectivity index (χ0) is 14.5. The van der Waals surface area contributed by atoms with Crippen LogP contribution in [0.5, 0.6) is 0 Å². The lowest BCUT2D eigenvalue weighted by Crippen LogP contribution is -2.38. The van der Waals surface area contributed by atoms with Crippen LogP contribution >= 0.6 is 15.9 Å². The smallest absolute Gasteiger partial charge is 0.234 e. The Kier molecular flexibility index (Phi) is 5.61. The van der Waals surface area contributed by atoms with E-state index in [4.69, 9.17) is 0 Å². The number of carbonyl (C=O) groups is 1. The Balaban J connectivity index is 2.06. The molecule has 1 unspecified atom stereocenters. The van der Waals surface area contributed by atoms with Crippen molar-refractivity contribution in [2.24, 2.45) is 0 Å². The lowest BCUT2D eigenvalue weighted by molar-refractivity contribution is -0.121. The summed E-state index contributed by atoms with van der Waals surface area (Å²) in [6, 6.07) is 6.88. The maximum absolute atomic E-state index is 12.0. The van der Waals surface area contributed by atoms with Crippen LogP contribution in [0.4, 0.5) is 0 Å². The van der Waals surface area contributed by atoms with Gasteiger partial charge in [0.1, 0.15) is 0 Å². The van der Waals surface area contributed by atoms with Gasteiger partial charge in [0.2, 0.25) is 5.91 Å². The van der Waals surface area contributed by atoms with E-state index in [-0.39, 0.29) is 11.9 Å². The van der Waals surface area contributed by atoms with Crippen molar-refractivity contribution in [3.63, 3.8) is 0 Å². The van der Waals surface area contributed by atoms with E-state index < -0.39 is 0 Å². The van der Waals surface area contributed by atoms with Gasteiger partial charge in [-0.3, -0.25) is 4.79 Å². The van der Waals surface area contributed by atoms with Crippen molar-refractivity contribution in [1.29, 1.82) is 0 Å². The third-order valence-electron chi connectivity index (χ3n) is 3.68. The van der Waals surface area contributed by atoms with Gasteiger partial charge in [-0.25, -0.2) is 0 Å². The second-order valence-corrected chi connectivity index (χ2v) is 6.66. The second-order valence-electron chi connectivity index (χ2n) is 5.74. The van der Waals surface area contributed by atoms with Crippen LogP contribution in [0.3, 0.4) is 0 Å². The zero-order valence-corrected chi connectivity index (χ0v) is 13.8. The molecule has 0 fully saturated rings. The molecular weight excluding hydrogens is 316 g/mol. The maximum atomic E-state index is 12.0. The molecule has 0 aliphatic heterocycles. The molecular formula is C16H23BrN2O. The number of fused-ring (bicyclic) bond motifs is 1. The van der Waals surface area contributed by atoms with E-state index in [9.17, 15) is 4.79 Å². The molecule has 1 aliphatic rings. The fourth-order valence-corrected chi connectivity index (χ4v) is 3.05. The molecule has 0 spiro atoms. The molecule has 0 radical (unpaired) electrons. The van der Waals surface area contributed by atoms with E-state index in [2.05, 4.69) is 44.8 Å². The molecule has 0 bridgehead atoms. The highest BCUT2D eigenvalue weighted by atomic mass is 79.9. The number of nitrogens with one attached hydrogen (secondary N) is 2. The second kappa shape index (κ2) is 7.23. The summed E-state index contributed by atoms with van der Waals surface area (Å²) >= 11 is 3.53. The van der Waals surface area contributed by atoms with E-state index >= 15 is 0 Å². The van der Waals surface area contributed by atoms with Gasteiger partial charge in [0, 0.05) is 10.5 Å². The minimum atomic E-state index is 0.0828. The Morgan fingerprint density at radius 2 is 2.20 bits per heavy atom. The summed E-state index contributed by atoms with van der Waals surface area (Å²) in [6.45, 7) is 4.48. The summed E-state index contributed by atoms with van der Waals surface area (Å²) in [5, 5.41) is 6.34. The highest BCUT2D eigenvalue weighted by Crippen LogP contribution is 2.30. The van der Waals surface area contributed by atoms with Gasteiger partial charge in [0.25, 0.3) is 0 Å². The Labute approximate surface area is 129 Å². The van der Waals surface area contributed by atoms with Crippen LogP contribution < -0.4 is 10.6 Å². The Morgan fingerprint density at radius 1 is 1.40 bits per heavy atom. The number of amides is 1. The van der Waals surface area contributed by atoms with Crippen molar-refractivity contribution in [3.05, 3.63) is 33.8 Å². The van der Waals surface area contributed by atoms with Gasteiger partial charge in [-0.05, 0) is 42.5 Å². The molecule has 1 aromatic rings. The number of halogens is 1. The average Bonchev–Trinajstić information content (AvgIpc) is 2.58. The van der Waals surface area contributed by atoms with Crippen molar-refractivity contribution >= 4 is 21.8 Å². The summed E-state index contributed by atoms with van der Waals surface area (Å²) < 4.78 is 1.12. The van der Waals surface area contributed by atoms with Crippen LogP contribution in [0.25, 0.3) is 0 Å². The van der Waals surface area contributed by atoms with Crippen LogP contribution in [0, 0.1) is 0 Å². The van der Waals surface area contributed by atoms with Gasteiger partial charge in [-0.2, -0.15) is 0 Å². The zero-order valence-electron chi connectivity index (χ0n) is 12.2. The number of aryl methyl sites for hydroxylation is 1. The predicted octanol–water partition coefficient (Wildman–Crippen LogP) is 3.33. The van der Waals surface area contributed by atoms with Crippen molar-refractivity contribution in [2.75, 3.05) is 6.54 Å². The summed E-state index contributed by atoms with van der Waals surface area (Å²) in [4.78, 5) is 12.0. The normalized spacial score (nSPS) is 18.5. The lowest BCUT2D eigenvalue weighted by Gasteiger charge is -2.20. The van der Waals surface area contributed by atoms with Crippen LogP contribution in [-0.2, 0) is 11.2 Å². The van der Waals surface area contributed by atoms with E-state index in [1.54, 1.807) is 0 Å². The number of carbonyl (C=O) groups excluding carboxylic acids is 1. The van der Waals surface area contributed by atoms with E-state index in [1.165, 1.54) is 17.5 Å². The fourth-order valence-electron chi connectivity index (χ4n) is 2.64. The quantitative estimate of drug-likeness (QED) is 0.826. The molecule has 0 saturated carbocycles. The Hall–Kier alpha value is -0.870. The third kappa shape index (κ3) is 4.32. The van der Waals surface area contributed by atoms with Crippen molar-refractivity contribution in [3.8, 4) is 0 Å². The van der Waals surface area contributed by atoms with Gasteiger partial charge in [-0.15, -0.1) is 0 Å². The number of hydrogen-bond donors (Lipinski definition) is 2. The SMILES string of the molecule is CC(C)NCC(=O)NC1CCCCc2cc(Br)ccc21. The topological polar surface area (TPSA) is 41.1 Å². The third-order valence-corrected chi connectivity index (χ3v) is 4.17. The molecule has 20 heavy (non-hydrogen) atoms. The number of rotatable bonds is 4. The maximum Gasteiger partial charge on any atom is 0.234 e. The minimum Gasteiger partial charge on any atom is -0.348 e. The first-order chi connectivity index (χ1) is 9.56. The van der Waals surface area contributed by atoms with Crippen molar-refractivity contribution < 1.29 is 4.79 Å². The largest absolute Gasteiger partial charge is 0.348 e. The molecule has 3 nitrogen and oxygen atoms in total. The molecule has 0 heterocycles. The fraction of sp³-hybridized carbons (Fsp3) is 0.562. The van der Waals surface area contributed by atoms with E-state index in [1.807, 2.05) is 13.8 Å². The first-order valence-corrected chi connectivity index (χ1v) is 8.16. The van der Waals surface area contributed by atoms with Gasteiger partial charge in [-0.1, -0.05) is 42.3 Å². The number of benzene rings is 1. The summed E-state index contributed by atoms with van der Waals surface area (Å²) in [5.41, 5.74) is 2.64. The molecule has 1 amide bonds. The van der Waals surface area contributed by atoms with Crippen LogP contribution in [-0.4, -0.2) is 18.5 Å². The molecule has 2 N–H and O–H groups in total. The summed E-state index contributed by atoms with van der Waals surface area (Å²) in [7, 11) is 0. The predicted molar refractivity (Wildman–Crippen MR) is 85.7 cm³/mol. The van der Waals surface area contributed by atoms with E-state index in [0.717, 1.165) is 23.7 Å². The van der Waals surface area contributed by atoms with Gasteiger partial charge < -0.3 is 10.6 Å². The molecule has 110 valence electrons. The minimum absolute atomic E-state index is 0.0828. The first-order valence-electron chi connectivity index (χ1n) is 7.37. The summed E-state index contributed by atoms with van der Waals surface area (Å²) in [5.74, 6) is 0.0828. The molecule has 4 heteroatoms. The Bertz CT molecular complexity index is 474. The van der Waals surface area contributed by atoms with Crippen LogP contribution in [0.2, 0.25) is 0 Å². The number of hydrogen-bond acceptors (Lipinski definition) is 2. The van der Waals surface area contributed by atoms with Crippen molar-refractivity contribution in [2.45, 2.75) is 51.6 Å². The van der Waals surface area contributed by atoms with Gasteiger partial charge in [0.05, 0.1) is 12.6 Å². The van der Waals surface area contributed by atoms with Gasteiger partial charge >= 0.3 is 0 Å². The Morgan fingerprint density at radius 3 is 2.95 bits per heavy atom. The average molecular weight is 339 g/mol. The van der Waals surface area contributed by atoms with Crippen LogP contribution in [0.1, 0.15) is 50.3 Å². The highest BCUT2D eigenvalue weighted by Gasteiger charge is 2.20. The molecule has 1 atom stereocenters.